The number of nitrogens with zero attached hydrogens (tertiary/aromatic N) is 1. The second-order valence-corrected chi connectivity index (χ2v) is 16.4. The first-order valence-corrected chi connectivity index (χ1v) is 21.1. The molecular formula is C59H39N. The van der Waals surface area contributed by atoms with Gasteiger partial charge in [-0.3, -0.25) is 0 Å². The minimum Gasteiger partial charge on any atom is -0.192 e. The molecule has 0 bridgehead atoms. The lowest BCUT2D eigenvalue weighted by Crippen LogP contribution is -2.44. The molecule has 0 N–H and O–H groups in total. The smallest absolute Gasteiger partial charge is 0.0991 e. The summed E-state index contributed by atoms with van der Waals surface area (Å²) < 4.78 is 0. The average Bonchev–Trinajstić information content (AvgIpc) is 3.64. The fraction of sp³-hybridized carbons (Fsp3) is 0.0678. The molecular weight excluding hydrogens is 723 g/mol. The van der Waals surface area contributed by atoms with Gasteiger partial charge in [-0.25, -0.2) is 0 Å². The van der Waals surface area contributed by atoms with Crippen LogP contribution in [0.5, 0.6) is 0 Å². The van der Waals surface area contributed by atoms with E-state index in [1.165, 1.54) is 93.5 Å². The molecule has 0 fully saturated rings. The zero-order valence-electron chi connectivity index (χ0n) is 33.1. The summed E-state index contributed by atoms with van der Waals surface area (Å²) in [5.41, 5.74) is 17.5. The Labute approximate surface area is 350 Å². The van der Waals surface area contributed by atoms with E-state index in [2.05, 4.69) is 206 Å². The highest BCUT2D eigenvalue weighted by atomic mass is 14.6. The first kappa shape index (κ1) is 34.5. The van der Waals surface area contributed by atoms with E-state index in [0.29, 0.717) is 5.56 Å². The lowest BCUT2D eigenvalue weighted by Gasteiger charge is -2.49. The summed E-state index contributed by atoms with van der Waals surface area (Å²) in [6, 6.07) is 76.7. The Bertz CT molecular complexity index is 3370. The summed E-state index contributed by atoms with van der Waals surface area (Å²) in [6.07, 6.45) is 6.87. The van der Waals surface area contributed by atoms with Crippen LogP contribution >= 0.6 is 0 Å². The Morgan fingerprint density at radius 2 is 0.883 bits per heavy atom. The molecule has 0 amide bonds. The van der Waals surface area contributed by atoms with Crippen LogP contribution in [0, 0.1) is 11.3 Å². The predicted molar refractivity (Wildman–Crippen MR) is 246 cm³/mol. The standard InChI is InChI=1S/C59H39N/c60-38-39-33-35-40(36-34-39)55-46-24-7-9-26-48(46)56(49-27-10-8-25-47(49)55)41-17-15-22-44(37-41)58(42-18-3-1-4-19-42)52-30-13-14-31-53(52)59(43-20-5-2-6-21-43)51-29-12-11-23-45(51)50-28-16-32-54(58)57(50)59/h1-7,9,11-37H,8,10H2. The molecule has 9 aromatic carbocycles. The number of nitriles is 1. The Morgan fingerprint density at radius 1 is 0.383 bits per heavy atom. The minimum absolute atomic E-state index is 0.488. The maximum Gasteiger partial charge on any atom is 0.0991 e. The van der Waals surface area contributed by atoms with Crippen molar-refractivity contribution in [1.29, 1.82) is 5.26 Å². The summed E-state index contributed by atoms with van der Waals surface area (Å²) in [4.78, 5) is 0. The molecule has 12 rings (SSSR count). The Hall–Kier alpha value is -7.53. The van der Waals surface area contributed by atoms with E-state index in [9.17, 15) is 5.26 Å². The van der Waals surface area contributed by atoms with E-state index in [-0.39, 0.29) is 0 Å². The fourth-order valence-electron chi connectivity index (χ4n) is 11.5. The molecule has 1 nitrogen and oxygen atoms in total. The van der Waals surface area contributed by atoms with Gasteiger partial charge in [0.15, 0.2) is 0 Å². The van der Waals surface area contributed by atoms with Crippen LogP contribution in [0.3, 0.4) is 0 Å². The largest absolute Gasteiger partial charge is 0.192 e. The Morgan fingerprint density at radius 3 is 1.55 bits per heavy atom. The van der Waals surface area contributed by atoms with Gasteiger partial charge in [0.2, 0.25) is 0 Å². The van der Waals surface area contributed by atoms with Crippen LogP contribution in [0.1, 0.15) is 62.9 Å². The maximum absolute atomic E-state index is 9.62. The van der Waals surface area contributed by atoms with Gasteiger partial charge in [-0.05, 0) is 130 Å². The third-order valence-corrected chi connectivity index (χ3v) is 13.7. The van der Waals surface area contributed by atoms with Crippen molar-refractivity contribution in [3.8, 4) is 39.4 Å². The average molecular weight is 762 g/mol. The van der Waals surface area contributed by atoms with Gasteiger partial charge in [-0.2, -0.15) is 5.26 Å². The van der Waals surface area contributed by atoms with Crippen LogP contribution in [0.15, 0.2) is 200 Å². The number of hydrogen-bond acceptors (Lipinski definition) is 1. The van der Waals surface area contributed by atoms with Gasteiger partial charge in [-0.1, -0.05) is 194 Å². The molecule has 0 aromatic heterocycles. The van der Waals surface area contributed by atoms with Crippen molar-refractivity contribution in [3.05, 3.63) is 261 Å². The molecule has 0 heterocycles. The fourth-order valence-corrected chi connectivity index (χ4v) is 11.5. The molecule has 0 aliphatic heterocycles. The van der Waals surface area contributed by atoms with Crippen LogP contribution in [-0.4, -0.2) is 0 Å². The number of hydrogen-bond donors (Lipinski definition) is 0. The van der Waals surface area contributed by atoms with E-state index in [4.69, 9.17) is 0 Å². The zero-order valence-corrected chi connectivity index (χ0v) is 33.1. The van der Waals surface area contributed by atoms with Crippen LogP contribution in [0.25, 0.3) is 56.3 Å². The van der Waals surface area contributed by atoms with E-state index < -0.39 is 10.8 Å². The normalized spacial score (nSPS) is 17.9. The third kappa shape index (κ3) is 4.57. The van der Waals surface area contributed by atoms with Gasteiger partial charge in [0.05, 0.1) is 22.5 Å². The second-order valence-electron chi connectivity index (χ2n) is 16.4. The van der Waals surface area contributed by atoms with Crippen LogP contribution in [0.4, 0.5) is 0 Å². The van der Waals surface area contributed by atoms with Gasteiger partial charge in [0.1, 0.15) is 0 Å². The van der Waals surface area contributed by atoms with E-state index in [1.807, 2.05) is 12.1 Å². The predicted octanol–water partition coefficient (Wildman–Crippen LogP) is 12.5. The molecule has 3 aliphatic carbocycles. The summed E-state index contributed by atoms with van der Waals surface area (Å²) in [5, 5.41) is 14.6. The molecule has 0 saturated heterocycles. The molecule has 280 valence electrons. The molecule has 2 unspecified atom stereocenters. The van der Waals surface area contributed by atoms with Crippen molar-refractivity contribution in [2.45, 2.75) is 23.7 Å². The highest BCUT2D eigenvalue weighted by Crippen LogP contribution is 2.65. The van der Waals surface area contributed by atoms with Crippen molar-refractivity contribution in [2.24, 2.45) is 0 Å². The third-order valence-electron chi connectivity index (χ3n) is 13.7. The Balaban J connectivity index is 1.20. The van der Waals surface area contributed by atoms with E-state index in [1.54, 1.807) is 0 Å². The monoisotopic (exact) mass is 761 g/mol. The summed E-state index contributed by atoms with van der Waals surface area (Å²) >= 11 is 0. The Kier molecular flexibility index (Phi) is 7.62. The lowest BCUT2D eigenvalue weighted by molar-refractivity contribution is 0.627. The van der Waals surface area contributed by atoms with Gasteiger partial charge in [0, 0.05) is 0 Å². The quantitative estimate of drug-likeness (QED) is 0.171. The lowest BCUT2D eigenvalue weighted by atomic mass is 9.51. The van der Waals surface area contributed by atoms with Gasteiger partial charge in [0.25, 0.3) is 0 Å². The molecule has 3 aliphatic rings. The van der Waals surface area contributed by atoms with Crippen molar-refractivity contribution >= 4 is 22.9 Å². The molecule has 0 spiro atoms. The topological polar surface area (TPSA) is 23.8 Å². The van der Waals surface area contributed by atoms with Gasteiger partial charge >= 0.3 is 0 Å². The van der Waals surface area contributed by atoms with Crippen LogP contribution in [0.2, 0.25) is 0 Å². The van der Waals surface area contributed by atoms with Crippen molar-refractivity contribution in [2.75, 3.05) is 0 Å². The molecule has 60 heavy (non-hydrogen) atoms. The summed E-state index contributed by atoms with van der Waals surface area (Å²) in [5.74, 6) is 0. The highest BCUT2D eigenvalue weighted by Gasteiger charge is 2.57. The molecule has 9 aromatic rings. The number of benzene rings is 9. The molecule has 0 radical (unpaired) electrons. The van der Waals surface area contributed by atoms with Gasteiger partial charge < -0.3 is 0 Å². The first-order valence-electron chi connectivity index (χ1n) is 21.1. The minimum atomic E-state index is -0.631. The van der Waals surface area contributed by atoms with E-state index in [0.717, 1.165) is 18.4 Å². The van der Waals surface area contributed by atoms with Crippen molar-refractivity contribution in [3.63, 3.8) is 0 Å². The molecule has 2 atom stereocenters. The summed E-state index contributed by atoms with van der Waals surface area (Å²) in [7, 11) is 0. The second kappa shape index (κ2) is 13.3. The number of rotatable bonds is 5. The highest BCUT2D eigenvalue weighted by molar-refractivity contribution is 6.06. The molecule has 1 heteroatoms. The first-order chi connectivity index (χ1) is 29.7. The number of fused-ring (bicyclic) bond motifs is 7. The SMILES string of the molecule is N#Cc1ccc(-c2c3c(c(-c4cccc(C5(c6ccccc6)c6ccccc6C6(c7ccccc7)c7ccccc7-c7cccc5c76)c4)c4ccccc24)=CCCC=3)cc1. The summed E-state index contributed by atoms with van der Waals surface area (Å²) in [6.45, 7) is 0. The maximum atomic E-state index is 9.62. The van der Waals surface area contributed by atoms with Crippen molar-refractivity contribution < 1.29 is 0 Å². The molecule has 0 saturated carbocycles. The van der Waals surface area contributed by atoms with Gasteiger partial charge in [-0.15, -0.1) is 0 Å². The van der Waals surface area contributed by atoms with Crippen LogP contribution < -0.4 is 10.4 Å². The van der Waals surface area contributed by atoms with Crippen LogP contribution in [-0.2, 0) is 10.8 Å². The van der Waals surface area contributed by atoms with Crippen molar-refractivity contribution in [1.82, 2.24) is 0 Å². The zero-order chi connectivity index (χ0) is 39.8. The van der Waals surface area contributed by atoms with E-state index >= 15 is 0 Å².